The summed E-state index contributed by atoms with van der Waals surface area (Å²) >= 11 is 1.41. The number of benzene rings is 3. The van der Waals surface area contributed by atoms with Crippen LogP contribution in [0.2, 0.25) is 0 Å². The van der Waals surface area contributed by atoms with Gasteiger partial charge in [0.1, 0.15) is 47.7 Å². The number of carbonyl (C=O) groups is 8. The Hall–Kier alpha value is -6.83. The quantitative estimate of drug-likeness (QED) is 0.0276. The van der Waals surface area contributed by atoms with Crippen molar-refractivity contribution in [3.8, 4) is 5.75 Å². The number of rotatable bonds is 24. The first-order valence-electron chi connectivity index (χ1n) is 22.0. The van der Waals surface area contributed by atoms with Crippen LogP contribution in [-0.4, -0.2) is 114 Å². The Morgan fingerprint density at radius 2 is 1.13 bits per heavy atom. The van der Waals surface area contributed by atoms with Gasteiger partial charge in [-0.25, -0.2) is 19.2 Å². The zero-order valence-electron chi connectivity index (χ0n) is 39.5. The third-order valence-corrected chi connectivity index (χ3v) is 9.97. The molecule has 7 N–H and O–H groups in total. The number of aliphatic carboxylic acids is 1. The predicted octanol–water partition coefficient (Wildman–Crippen LogP) is 4.79. The molecule has 0 spiro atoms. The highest BCUT2D eigenvalue weighted by molar-refractivity contribution is 7.98. The second kappa shape index (κ2) is 27.7. The van der Waals surface area contributed by atoms with Gasteiger partial charge in [0, 0.05) is 19.4 Å². The summed E-state index contributed by atoms with van der Waals surface area (Å²) in [7, 11) is 0. The molecule has 20 heteroatoms. The van der Waals surface area contributed by atoms with Crippen LogP contribution in [0.1, 0.15) is 77.5 Å². The number of carbonyl (C=O) groups excluding carboxylic acids is 7. The maximum absolute atomic E-state index is 14.1. The first-order valence-corrected chi connectivity index (χ1v) is 23.4. The molecule has 0 aromatic heterocycles. The van der Waals surface area contributed by atoms with E-state index >= 15 is 0 Å². The van der Waals surface area contributed by atoms with Crippen molar-refractivity contribution in [2.45, 2.75) is 116 Å². The van der Waals surface area contributed by atoms with Gasteiger partial charge in [0.15, 0.2) is 0 Å². The van der Waals surface area contributed by atoms with Gasteiger partial charge in [-0.2, -0.15) is 11.8 Å². The Morgan fingerprint density at radius 1 is 0.588 bits per heavy atom. The molecule has 0 aliphatic heterocycles. The lowest BCUT2D eigenvalue weighted by molar-refractivity contribution is -0.142. The minimum atomic E-state index is -1.33. The number of carboxylic acids is 1. The van der Waals surface area contributed by atoms with E-state index in [0.29, 0.717) is 16.9 Å². The number of alkyl carbamates (subject to hydrolysis) is 2. The molecule has 0 radical (unpaired) electrons. The van der Waals surface area contributed by atoms with Crippen molar-refractivity contribution >= 4 is 59.7 Å². The molecule has 3 aromatic carbocycles. The fraction of sp³-hybridized carbons (Fsp3) is 0.458. The lowest BCUT2D eigenvalue weighted by Crippen LogP contribution is -2.56. The standard InChI is InChI=1S/C48H64N6O13S/c1-47(2,3)66-45(62)54-38(28-32-20-22-34(23-21-32)65-46(63)67-48(4,5)6)42(58)52-35(19-14-25-49-44(61)64-30-33-17-12-9-13-18-33)40(56)50-29-39(55)51-37(27-31-15-10-8-11-16-31)41(57)53-36(43(59)60)24-26-68-7/h8-13,15-18,20-23,35-38H,14,19,24-30H2,1-7H3,(H,49,61)(H,50,56)(H,51,55)(H,52,58)(H,53,57)(H,54,62)(H,59,60)/t35-,36+,37+,38+/m1/s1. The molecule has 0 aliphatic carbocycles. The summed E-state index contributed by atoms with van der Waals surface area (Å²) in [5, 5.41) is 25.1. The molecule has 0 aliphatic rings. The van der Waals surface area contributed by atoms with Gasteiger partial charge >= 0.3 is 24.3 Å². The van der Waals surface area contributed by atoms with E-state index in [0.717, 1.165) is 5.56 Å². The number of hydrogen-bond donors (Lipinski definition) is 7. The Labute approximate surface area is 400 Å². The Balaban J connectivity index is 1.81. The summed E-state index contributed by atoms with van der Waals surface area (Å²) in [6.07, 6.45) is -0.655. The summed E-state index contributed by atoms with van der Waals surface area (Å²) in [6.45, 7) is 9.38. The Bertz CT molecular complexity index is 2130. The molecule has 19 nitrogen and oxygen atoms in total. The molecule has 370 valence electrons. The van der Waals surface area contributed by atoms with Gasteiger partial charge in [0.25, 0.3) is 0 Å². The lowest BCUT2D eigenvalue weighted by Gasteiger charge is -2.25. The van der Waals surface area contributed by atoms with Gasteiger partial charge in [-0.3, -0.25) is 19.2 Å². The van der Waals surface area contributed by atoms with Crippen LogP contribution in [0, 0.1) is 0 Å². The first kappa shape index (κ1) is 55.5. The number of amides is 6. The summed E-state index contributed by atoms with van der Waals surface area (Å²) in [6, 6.07) is 18.8. The van der Waals surface area contributed by atoms with Crippen molar-refractivity contribution in [2.24, 2.45) is 0 Å². The van der Waals surface area contributed by atoms with E-state index < -0.39 is 89.9 Å². The highest BCUT2D eigenvalue weighted by atomic mass is 32.2. The molecule has 6 amide bonds. The van der Waals surface area contributed by atoms with Gasteiger partial charge in [-0.1, -0.05) is 72.8 Å². The van der Waals surface area contributed by atoms with E-state index in [1.807, 2.05) is 6.07 Å². The van der Waals surface area contributed by atoms with Crippen LogP contribution in [0.3, 0.4) is 0 Å². The maximum atomic E-state index is 14.1. The number of nitrogens with one attached hydrogen (secondary N) is 6. The zero-order chi connectivity index (χ0) is 50.3. The zero-order valence-corrected chi connectivity index (χ0v) is 40.3. The second-order valence-electron chi connectivity index (χ2n) is 17.5. The number of carboxylic acid groups (broad SMARTS) is 1. The van der Waals surface area contributed by atoms with E-state index in [1.165, 1.54) is 23.9 Å². The maximum Gasteiger partial charge on any atom is 0.514 e. The van der Waals surface area contributed by atoms with Crippen molar-refractivity contribution in [3.63, 3.8) is 0 Å². The average Bonchev–Trinajstić information content (AvgIpc) is 3.26. The smallest absolute Gasteiger partial charge is 0.480 e. The summed E-state index contributed by atoms with van der Waals surface area (Å²) in [5.41, 5.74) is 0.238. The third-order valence-electron chi connectivity index (χ3n) is 9.33. The molecule has 3 rings (SSSR count). The Morgan fingerprint density at radius 3 is 1.69 bits per heavy atom. The van der Waals surface area contributed by atoms with Crippen molar-refractivity contribution in [1.29, 1.82) is 0 Å². The summed E-state index contributed by atoms with van der Waals surface area (Å²) in [4.78, 5) is 104. The average molecular weight is 965 g/mol. The summed E-state index contributed by atoms with van der Waals surface area (Å²) in [5.74, 6) is -3.76. The van der Waals surface area contributed by atoms with Gasteiger partial charge in [-0.15, -0.1) is 0 Å². The number of thioether (sulfide) groups is 1. The minimum Gasteiger partial charge on any atom is -0.480 e. The van der Waals surface area contributed by atoms with E-state index in [-0.39, 0.29) is 51.0 Å². The SMILES string of the molecule is CSCC[C@H](NC(=O)[C@H](Cc1ccccc1)NC(=O)CNC(=O)[C@@H](CCCNC(=O)OCc1ccccc1)NC(=O)[C@H](Cc1ccc(OC(=O)OC(C)(C)C)cc1)NC(=O)OC(C)(C)C)C(=O)O. The van der Waals surface area contributed by atoms with Gasteiger partial charge in [-0.05, 0) is 102 Å². The molecule has 0 saturated carbocycles. The topological polar surface area (TPSA) is 266 Å². The van der Waals surface area contributed by atoms with Crippen molar-refractivity contribution < 1.29 is 62.4 Å². The fourth-order valence-corrected chi connectivity index (χ4v) is 6.60. The monoisotopic (exact) mass is 964 g/mol. The van der Waals surface area contributed by atoms with Crippen molar-refractivity contribution in [2.75, 3.05) is 25.1 Å². The van der Waals surface area contributed by atoms with Crippen molar-refractivity contribution in [3.05, 3.63) is 102 Å². The van der Waals surface area contributed by atoms with Crippen LogP contribution < -0.4 is 36.6 Å². The molecular formula is C48H64N6O13S. The van der Waals surface area contributed by atoms with Gasteiger partial charge in [0.05, 0.1) is 6.54 Å². The molecular weight excluding hydrogens is 901 g/mol. The van der Waals surface area contributed by atoms with Crippen LogP contribution in [0.5, 0.6) is 5.75 Å². The molecule has 4 atom stereocenters. The normalized spacial score (nSPS) is 12.9. The van der Waals surface area contributed by atoms with E-state index in [4.69, 9.17) is 18.9 Å². The highest BCUT2D eigenvalue weighted by Crippen LogP contribution is 2.17. The Kier molecular flexibility index (Phi) is 22.6. The molecule has 68 heavy (non-hydrogen) atoms. The van der Waals surface area contributed by atoms with E-state index in [9.17, 15) is 43.5 Å². The van der Waals surface area contributed by atoms with Crippen LogP contribution in [-0.2, 0) is 57.6 Å². The van der Waals surface area contributed by atoms with E-state index in [2.05, 4.69) is 31.9 Å². The molecule has 0 fully saturated rings. The van der Waals surface area contributed by atoms with Gasteiger partial charge < -0.3 is 56.0 Å². The van der Waals surface area contributed by atoms with Crippen LogP contribution in [0.25, 0.3) is 0 Å². The van der Waals surface area contributed by atoms with Crippen LogP contribution >= 0.6 is 11.8 Å². The summed E-state index contributed by atoms with van der Waals surface area (Å²) < 4.78 is 21.1. The van der Waals surface area contributed by atoms with Crippen molar-refractivity contribution in [1.82, 2.24) is 31.9 Å². The first-order chi connectivity index (χ1) is 32.1. The van der Waals surface area contributed by atoms with Crippen LogP contribution in [0.4, 0.5) is 14.4 Å². The highest BCUT2D eigenvalue weighted by Gasteiger charge is 2.31. The molecule has 0 unspecified atom stereocenters. The molecule has 0 bridgehead atoms. The third kappa shape index (κ3) is 22.6. The van der Waals surface area contributed by atoms with Crippen LogP contribution in [0.15, 0.2) is 84.9 Å². The largest absolute Gasteiger partial charge is 0.514 e. The lowest BCUT2D eigenvalue weighted by atomic mass is 10.0. The molecule has 0 saturated heterocycles. The predicted molar refractivity (Wildman–Crippen MR) is 254 cm³/mol. The second-order valence-corrected chi connectivity index (χ2v) is 18.5. The fourth-order valence-electron chi connectivity index (χ4n) is 6.13. The van der Waals surface area contributed by atoms with Gasteiger partial charge in [0.2, 0.25) is 23.6 Å². The molecule has 3 aromatic rings. The minimum absolute atomic E-state index is 0.00617. The number of hydrogen-bond acceptors (Lipinski definition) is 13. The van der Waals surface area contributed by atoms with E-state index in [1.54, 1.807) is 115 Å². The molecule has 0 heterocycles. The number of ether oxygens (including phenoxy) is 4.